The van der Waals surface area contributed by atoms with Crippen LogP contribution >= 0.6 is 0 Å². The number of methoxy groups -OCH3 is 1. The van der Waals surface area contributed by atoms with E-state index >= 15 is 0 Å². The van der Waals surface area contributed by atoms with E-state index in [1.54, 1.807) is 7.11 Å². The first kappa shape index (κ1) is 15.8. The Labute approximate surface area is 149 Å². The minimum absolute atomic E-state index is 0.364. The van der Waals surface area contributed by atoms with Gasteiger partial charge in [-0.2, -0.15) is 0 Å². The van der Waals surface area contributed by atoms with Crippen LogP contribution in [0.2, 0.25) is 0 Å². The second kappa shape index (κ2) is 7.02. The van der Waals surface area contributed by atoms with Crippen LogP contribution in [-0.4, -0.2) is 7.11 Å². The Balaban J connectivity index is 1.81. The zero-order valence-corrected chi connectivity index (χ0v) is 14.5. The molecular weight excluding hydrogens is 306 g/mol. The molecule has 0 spiro atoms. The van der Waals surface area contributed by atoms with Crippen LogP contribution in [0.25, 0.3) is 0 Å². The summed E-state index contributed by atoms with van der Waals surface area (Å²) < 4.78 is 5.68. The van der Waals surface area contributed by atoms with Crippen molar-refractivity contribution in [1.82, 2.24) is 0 Å². The Bertz CT molecular complexity index is 768. The molecule has 0 radical (unpaired) electrons. The van der Waals surface area contributed by atoms with Crippen LogP contribution in [0.15, 0.2) is 84.9 Å². The fraction of sp³-hybridized carbons (Fsp3) is 0.217. The van der Waals surface area contributed by atoms with Crippen molar-refractivity contribution < 1.29 is 4.74 Å². The number of ether oxygens (including phenoxy) is 1. The average Bonchev–Trinajstić information content (AvgIpc) is 3.14. The van der Waals surface area contributed by atoms with Gasteiger partial charge in [0, 0.05) is 0 Å². The smallest absolute Gasteiger partial charge is 0.142 e. The third kappa shape index (κ3) is 3.00. The Morgan fingerprint density at radius 2 is 1.16 bits per heavy atom. The SMILES string of the molecule is COc1ccccc1N1[C@H](c2ccccc2)CC[C@H]1c1ccccc1. The molecule has 1 fully saturated rings. The summed E-state index contributed by atoms with van der Waals surface area (Å²) in [6.07, 6.45) is 2.28. The third-order valence-electron chi connectivity index (χ3n) is 5.12. The van der Waals surface area contributed by atoms with E-state index in [0.717, 1.165) is 18.6 Å². The summed E-state index contributed by atoms with van der Waals surface area (Å²) in [6, 6.07) is 30.7. The van der Waals surface area contributed by atoms with E-state index in [-0.39, 0.29) is 0 Å². The lowest BCUT2D eigenvalue weighted by Gasteiger charge is -2.34. The van der Waals surface area contributed by atoms with Crippen molar-refractivity contribution in [3.05, 3.63) is 96.1 Å². The first-order valence-corrected chi connectivity index (χ1v) is 8.89. The van der Waals surface area contributed by atoms with Gasteiger partial charge in [-0.3, -0.25) is 0 Å². The van der Waals surface area contributed by atoms with Crippen molar-refractivity contribution in [3.63, 3.8) is 0 Å². The molecule has 0 unspecified atom stereocenters. The monoisotopic (exact) mass is 329 g/mol. The molecule has 0 aromatic heterocycles. The van der Waals surface area contributed by atoms with Crippen molar-refractivity contribution in [1.29, 1.82) is 0 Å². The van der Waals surface area contributed by atoms with Gasteiger partial charge in [0.25, 0.3) is 0 Å². The van der Waals surface area contributed by atoms with Gasteiger partial charge in [0.15, 0.2) is 0 Å². The second-order valence-corrected chi connectivity index (χ2v) is 6.51. The van der Waals surface area contributed by atoms with Gasteiger partial charge in [-0.25, -0.2) is 0 Å². The van der Waals surface area contributed by atoms with Crippen molar-refractivity contribution in [2.75, 3.05) is 12.0 Å². The molecule has 0 saturated carbocycles. The molecule has 1 aliphatic rings. The standard InChI is InChI=1S/C23H23NO/c1-25-23-15-9-8-14-22(23)24-20(18-10-4-2-5-11-18)16-17-21(24)19-12-6-3-7-13-19/h2-15,20-21H,16-17H2,1H3/t20-,21-/m0/s1. The highest BCUT2D eigenvalue weighted by atomic mass is 16.5. The lowest BCUT2D eigenvalue weighted by molar-refractivity contribution is 0.412. The molecule has 0 bridgehead atoms. The van der Waals surface area contributed by atoms with Crippen LogP contribution in [0, 0.1) is 0 Å². The van der Waals surface area contributed by atoms with Crippen molar-refractivity contribution in [3.8, 4) is 5.75 Å². The summed E-state index contributed by atoms with van der Waals surface area (Å²) in [5.41, 5.74) is 3.91. The van der Waals surface area contributed by atoms with E-state index in [9.17, 15) is 0 Å². The molecule has 0 N–H and O–H groups in total. The molecule has 2 nitrogen and oxygen atoms in total. The van der Waals surface area contributed by atoms with Gasteiger partial charge >= 0.3 is 0 Å². The molecule has 126 valence electrons. The minimum Gasteiger partial charge on any atom is -0.495 e. The number of hydrogen-bond donors (Lipinski definition) is 0. The molecule has 2 heteroatoms. The molecular formula is C23H23NO. The number of rotatable bonds is 4. The van der Waals surface area contributed by atoms with E-state index in [1.807, 2.05) is 6.07 Å². The van der Waals surface area contributed by atoms with Gasteiger partial charge < -0.3 is 9.64 Å². The molecule has 3 aromatic rings. The van der Waals surface area contributed by atoms with Gasteiger partial charge in [-0.15, -0.1) is 0 Å². The van der Waals surface area contributed by atoms with Gasteiger partial charge in [0.1, 0.15) is 5.75 Å². The zero-order valence-electron chi connectivity index (χ0n) is 14.5. The van der Waals surface area contributed by atoms with E-state index in [4.69, 9.17) is 4.74 Å². The summed E-state index contributed by atoms with van der Waals surface area (Å²) in [4.78, 5) is 2.55. The zero-order chi connectivity index (χ0) is 17.1. The van der Waals surface area contributed by atoms with E-state index in [0.29, 0.717) is 12.1 Å². The maximum absolute atomic E-state index is 5.68. The number of para-hydroxylation sites is 2. The molecule has 1 aliphatic heterocycles. The van der Waals surface area contributed by atoms with E-state index in [1.165, 1.54) is 16.8 Å². The maximum atomic E-state index is 5.68. The molecule has 4 rings (SSSR count). The fourth-order valence-electron chi connectivity index (χ4n) is 3.99. The normalized spacial score (nSPS) is 19.8. The third-order valence-corrected chi connectivity index (χ3v) is 5.12. The first-order chi connectivity index (χ1) is 12.4. The number of benzene rings is 3. The summed E-state index contributed by atoms with van der Waals surface area (Å²) in [7, 11) is 1.75. The fourth-order valence-corrected chi connectivity index (χ4v) is 3.99. The molecule has 3 aromatic carbocycles. The summed E-state index contributed by atoms with van der Waals surface area (Å²) in [5, 5.41) is 0. The number of hydrogen-bond acceptors (Lipinski definition) is 2. The Morgan fingerprint density at radius 1 is 0.680 bits per heavy atom. The molecule has 2 atom stereocenters. The molecule has 1 saturated heterocycles. The minimum atomic E-state index is 0.364. The Morgan fingerprint density at radius 3 is 1.68 bits per heavy atom. The van der Waals surface area contributed by atoms with Gasteiger partial charge in [-0.05, 0) is 36.1 Å². The van der Waals surface area contributed by atoms with Crippen LogP contribution in [0.5, 0.6) is 5.75 Å². The topological polar surface area (TPSA) is 12.5 Å². The quantitative estimate of drug-likeness (QED) is 0.602. The van der Waals surface area contributed by atoms with Crippen LogP contribution in [0.1, 0.15) is 36.1 Å². The summed E-state index contributed by atoms with van der Waals surface area (Å²) in [6.45, 7) is 0. The molecule has 0 amide bonds. The molecule has 0 aliphatic carbocycles. The van der Waals surface area contributed by atoms with E-state index < -0.39 is 0 Å². The summed E-state index contributed by atoms with van der Waals surface area (Å²) >= 11 is 0. The highest BCUT2D eigenvalue weighted by Gasteiger charge is 2.36. The second-order valence-electron chi connectivity index (χ2n) is 6.51. The lowest BCUT2D eigenvalue weighted by atomic mass is 10.0. The van der Waals surface area contributed by atoms with Crippen LogP contribution in [0.4, 0.5) is 5.69 Å². The van der Waals surface area contributed by atoms with Crippen LogP contribution in [-0.2, 0) is 0 Å². The average molecular weight is 329 g/mol. The van der Waals surface area contributed by atoms with Crippen molar-refractivity contribution >= 4 is 5.69 Å². The number of anilines is 1. The predicted molar refractivity (Wildman–Crippen MR) is 103 cm³/mol. The summed E-state index contributed by atoms with van der Waals surface area (Å²) in [5.74, 6) is 0.936. The molecule has 1 heterocycles. The Hall–Kier alpha value is -2.74. The predicted octanol–water partition coefficient (Wildman–Crippen LogP) is 5.78. The van der Waals surface area contributed by atoms with Crippen LogP contribution in [0.3, 0.4) is 0 Å². The Kier molecular flexibility index (Phi) is 4.43. The molecule has 25 heavy (non-hydrogen) atoms. The van der Waals surface area contributed by atoms with Crippen molar-refractivity contribution in [2.24, 2.45) is 0 Å². The maximum Gasteiger partial charge on any atom is 0.142 e. The highest BCUT2D eigenvalue weighted by Crippen LogP contribution is 2.49. The van der Waals surface area contributed by atoms with Crippen molar-refractivity contribution in [2.45, 2.75) is 24.9 Å². The van der Waals surface area contributed by atoms with Gasteiger partial charge in [0.05, 0.1) is 24.9 Å². The highest BCUT2D eigenvalue weighted by molar-refractivity contribution is 5.62. The largest absolute Gasteiger partial charge is 0.495 e. The van der Waals surface area contributed by atoms with E-state index in [2.05, 4.69) is 83.8 Å². The number of nitrogens with zero attached hydrogens (tertiary/aromatic N) is 1. The van der Waals surface area contributed by atoms with Gasteiger partial charge in [0.2, 0.25) is 0 Å². The first-order valence-electron chi connectivity index (χ1n) is 8.89. The van der Waals surface area contributed by atoms with Crippen LogP contribution < -0.4 is 9.64 Å². The lowest BCUT2D eigenvalue weighted by Crippen LogP contribution is -2.26. The van der Waals surface area contributed by atoms with Gasteiger partial charge in [-0.1, -0.05) is 72.8 Å².